The Labute approximate surface area is 163 Å². The Kier molecular flexibility index (Phi) is 5.41. The molecule has 0 amide bonds. The summed E-state index contributed by atoms with van der Waals surface area (Å²) in [5.41, 5.74) is 4.74. The molecule has 3 rings (SSSR count). The largest absolute Gasteiger partial charge is 0.507 e. The first-order valence-electron chi connectivity index (χ1n) is 8.55. The summed E-state index contributed by atoms with van der Waals surface area (Å²) < 4.78 is 7.78. The van der Waals surface area contributed by atoms with Gasteiger partial charge in [0.25, 0.3) is 0 Å². The number of nitrogens with one attached hydrogen (secondary N) is 1. The van der Waals surface area contributed by atoms with Crippen LogP contribution >= 0.6 is 12.2 Å². The zero-order chi connectivity index (χ0) is 19.6. The van der Waals surface area contributed by atoms with Crippen LogP contribution < -0.4 is 4.74 Å². The number of benzene rings is 2. The number of ether oxygens (including phenoxy) is 1. The normalized spacial score (nSPS) is 11.3. The number of hydrogen-bond donors (Lipinski definition) is 2. The van der Waals surface area contributed by atoms with Crippen LogP contribution in [-0.2, 0) is 6.61 Å². The van der Waals surface area contributed by atoms with E-state index in [1.54, 1.807) is 6.21 Å². The molecule has 7 heteroatoms. The van der Waals surface area contributed by atoms with Gasteiger partial charge in [-0.15, -0.1) is 0 Å². The Bertz CT molecular complexity index is 1020. The topological polar surface area (TPSA) is 75.4 Å². The van der Waals surface area contributed by atoms with Crippen LogP contribution in [0.4, 0.5) is 0 Å². The lowest BCUT2D eigenvalue weighted by molar-refractivity contribution is 0.290. The number of aromatic amines is 1. The third-order valence-corrected chi connectivity index (χ3v) is 4.38. The van der Waals surface area contributed by atoms with Gasteiger partial charge >= 0.3 is 0 Å². The fourth-order valence-electron chi connectivity index (χ4n) is 2.89. The van der Waals surface area contributed by atoms with Crippen molar-refractivity contribution in [3.63, 3.8) is 0 Å². The van der Waals surface area contributed by atoms with Crippen LogP contribution in [0.5, 0.6) is 11.5 Å². The van der Waals surface area contributed by atoms with Crippen LogP contribution in [0.15, 0.2) is 35.4 Å². The standard InChI is InChI=1S/C20H22N4O2S/c1-12-5-13(2)7-17(6-12)26-11-18-22-23-20(27)24(18)21-10-16-8-14(3)19(25)15(4)9-16/h5-10,25H,11H2,1-4H3,(H,23,27)/b21-10+. The Hall–Kier alpha value is -2.93. The summed E-state index contributed by atoms with van der Waals surface area (Å²) in [6.45, 7) is 8.00. The third kappa shape index (κ3) is 4.43. The number of phenolic OH excluding ortho intramolecular Hbond substituents is 1. The fraction of sp³-hybridized carbons (Fsp3) is 0.250. The molecule has 3 aromatic rings. The van der Waals surface area contributed by atoms with E-state index in [0.717, 1.165) is 33.6 Å². The Morgan fingerprint density at radius 1 is 1.11 bits per heavy atom. The number of phenols is 1. The molecule has 0 aliphatic heterocycles. The molecule has 2 aromatic carbocycles. The second kappa shape index (κ2) is 7.75. The van der Waals surface area contributed by atoms with E-state index in [0.29, 0.717) is 16.3 Å². The van der Waals surface area contributed by atoms with Crippen molar-refractivity contribution >= 4 is 18.4 Å². The number of aromatic nitrogens is 3. The molecule has 1 heterocycles. The highest BCUT2D eigenvalue weighted by atomic mass is 32.1. The van der Waals surface area contributed by atoms with Crippen molar-refractivity contribution in [3.8, 4) is 11.5 Å². The van der Waals surface area contributed by atoms with E-state index in [-0.39, 0.29) is 6.61 Å². The summed E-state index contributed by atoms with van der Waals surface area (Å²) in [6.07, 6.45) is 1.69. The summed E-state index contributed by atoms with van der Waals surface area (Å²) >= 11 is 5.27. The maximum Gasteiger partial charge on any atom is 0.216 e. The van der Waals surface area contributed by atoms with E-state index in [2.05, 4.69) is 21.4 Å². The van der Waals surface area contributed by atoms with Gasteiger partial charge < -0.3 is 9.84 Å². The molecule has 0 bridgehead atoms. The van der Waals surface area contributed by atoms with Crippen molar-refractivity contribution in [1.82, 2.24) is 14.9 Å². The lowest BCUT2D eigenvalue weighted by Crippen LogP contribution is -2.04. The Morgan fingerprint density at radius 2 is 1.74 bits per heavy atom. The second-order valence-corrected chi connectivity index (χ2v) is 7.00. The maximum atomic E-state index is 9.89. The number of aromatic hydroxyl groups is 1. The molecule has 2 N–H and O–H groups in total. The van der Waals surface area contributed by atoms with Gasteiger partial charge in [-0.1, -0.05) is 6.07 Å². The van der Waals surface area contributed by atoms with Crippen molar-refractivity contribution < 1.29 is 9.84 Å². The molecule has 0 radical (unpaired) electrons. The molecular formula is C20H22N4O2S. The quantitative estimate of drug-likeness (QED) is 0.508. The second-order valence-electron chi connectivity index (χ2n) is 6.62. The van der Waals surface area contributed by atoms with E-state index in [1.807, 2.05) is 52.0 Å². The molecular weight excluding hydrogens is 360 g/mol. The van der Waals surface area contributed by atoms with Crippen molar-refractivity contribution in [2.24, 2.45) is 5.10 Å². The van der Waals surface area contributed by atoms with Gasteiger partial charge in [0.2, 0.25) is 4.77 Å². The predicted octanol–water partition coefficient (Wildman–Crippen LogP) is 4.34. The average molecular weight is 382 g/mol. The third-order valence-electron chi connectivity index (χ3n) is 4.12. The minimum atomic E-state index is 0.237. The Balaban J connectivity index is 1.81. The van der Waals surface area contributed by atoms with Crippen LogP contribution in [0.25, 0.3) is 0 Å². The number of hydrogen-bond acceptors (Lipinski definition) is 5. The summed E-state index contributed by atoms with van der Waals surface area (Å²) in [6, 6.07) is 9.77. The summed E-state index contributed by atoms with van der Waals surface area (Å²) in [5.74, 6) is 1.65. The number of nitrogens with zero attached hydrogens (tertiary/aromatic N) is 3. The van der Waals surface area contributed by atoms with Gasteiger partial charge in [0, 0.05) is 0 Å². The van der Waals surface area contributed by atoms with E-state index < -0.39 is 0 Å². The first-order valence-corrected chi connectivity index (χ1v) is 8.96. The summed E-state index contributed by atoms with van der Waals surface area (Å²) in [4.78, 5) is 0. The van der Waals surface area contributed by atoms with Gasteiger partial charge in [0.05, 0.1) is 6.21 Å². The van der Waals surface area contributed by atoms with Crippen LogP contribution in [0.3, 0.4) is 0 Å². The molecule has 6 nitrogen and oxygen atoms in total. The summed E-state index contributed by atoms with van der Waals surface area (Å²) in [7, 11) is 0. The van der Waals surface area contributed by atoms with E-state index in [9.17, 15) is 5.11 Å². The molecule has 0 aliphatic rings. The number of rotatable bonds is 5. The molecule has 140 valence electrons. The minimum absolute atomic E-state index is 0.237. The molecule has 0 saturated carbocycles. The van der Waals surface area contributed by atoms with Crippen LogP contribution in [0.2, 0.25) is 0 Å². The van der Waals surface area contributed by atoms with Crippen LogP contribution in [0.1, 0.15) is 33.6 Å². The molecule has 0 atom stereocenters. The monoisotopic (exact) mass is 382 g/mol. The molecule has 0 unspecified atom stereocenters. The summed E-state index contributed by atoms with van der Waals surface area (Å²) in [5, 5.41) is 21.3. The van der Waals surface area contributed by atoms with E-state index >= 15 is 0 Å². The van der Waals surface area contributed by atoms with Gasteiger partial charge in [0.1, 0.15) is 18.1 Å². The van der Waals surface area contributed by atoms with E-state index in [1.165, 1.54) is 4.68 Å². The van der Waals surface area contributed by atoms with Gasteiger partial charge in [-0.2, -0.15) is 14.9 Å². The van der Waals surface area contributed by atoms with Gasteiger partial charge in [-0.25, -0.2) is 5.10 Å². The lowest BCUT2D eigenvalue weighted by atomic mass is 10.1. The van der Waals surface area contributed by atoms with Gasteiger partial charge in [-0.05, 0) is 92.0 Å². The highest BCUT2D eigenvalue weighted by Crippen LogP contribution is 2.22. The van der Waals surface area contributed by atoms with Crippen molar-refractivity contribution in [2.75, 3.05) is 0 Å². The number of aryl methyl sites for hydroxylation is 4. The fourth-order valence-corrected chi connectivity index (χ4v) is 3.09. The molecule has 1 aromatic heterocycles. The SMILES string of the molecule is Cc1cc(C)cc(OCc2n[nH]c(=S)n2/N=C/c2cc(C)c(O)c(C)c2)c1. The minimum Gasteiger partial charge on any atom is -0.507 e. The molecule has 0 fully saturated rings. The van der Waals surface area contributed by atoms with E-state index in [4.69, 9.17) is 17.0 Å². The number of H-pyrrole nitrogens is 1. The van der Waals surface area contributed by atoms with Crippen molar-refractivity contribution in [3.05, 3.63) is 68.7 Å². The highest BCUT2D eigenvalue weighted by Gasteiger charge is 2.07. The zero-order valence-corrected chi connectivity index (χ0v) is 16.6. The van der Waals surface area contributed by atoms with Crippen LogP contribution in [-0.4, -0.2) is 26.2 Å². The first-order chi connectivity index (χ1) is 12.8. The first kappa shape index (κ1) is 18.8. The van der Waals surface area contributed by atoms with Gasteiger partial charge in [0.15, 0.2) is 5.82 Å². The average Bonchev–Trinajstić information content (AvgIpc) is 2.95. The molecule has 0 saturated heterocycles. The van der Waals surface area contributed by atoms with Gasteiger partial charge in [-0.3, -0.25) is 0 Å². The molecule has 0 aliphatic carbocycles. The Morgan fingerprint density at radius 3 is 2.37 bits per heavy atom. The maximum absolute atomic E-state index is 9.89. The lowest BCUT2D eigenvalue weighted by Gasteiger charge is -2.08. The molecule has 27 heavy (non-hydrogen) atoms. The van der Waals surface area contributed by atoms with Crippen molar-refractivity contribution in [2.45, 2.75) is 34.3 Å². The highest BCUT2D eigenvalue weighted by molar-refractivity contribution is 7.71. The molecule has 0 spiro atoms. The van der Waals surface area contributed by atoms with Crippen LogP contribution in [0, 0.1) is 32.5 Å². The predicted molar refractivity (Wildman–Crippen MR) is 108 cm³/mol. The zero-order valence-electron chi connectivity index (χ0n) is 15.8. The van der Waals surface area contributed by atoms with Crippen molar-refractivity contribution in [1.29, 1.82) is 0 Å². The smallest absolute Gasteiger partial charge is 0.216 e.